The molecular weight excluding hydrogens is 678 g/mol. The van der Waals surface area contributed by atoms with Crippen LogP contribution in [0.4, 0.5) is 40.9 Å². The first-order valence-electron chi connectivity index (χ1n) is 16.1. The lowest BCUT2D eigenvalue weighted by Gasteiger charge is -2.38. The minimum atomic E-state index is -5.07. The number of carbonyl (C=O) groups is 1. The highest BCUT2D eigenvalue weighted by Crippen LogP contribution is 2.41. The summed E-state index contributed by atoms with van der Waals surface area (Å²) in [6.45, 7) is -0.192. The Balaban J connectivity index is 1.57. The van der Waals surface area contributed by atoms with E-state index in [1.807, 2.05) is 0 Å². The number of guanidine groups is 1. The number of halogens is 8. The second kappa shape index (κ2) is 14.8. The molecule has 2 aliphatic rings. The summed E-state index contributed by atoms with van der Waals surface area (Å²) in [5, 5.41) is 13.2. The number of carboxylic acids is 1. The molecule has 1 aliphatic carbocycles. The van der Waals surface area contributed by atoms with E-state index < -0.39 is 47.6 Å². The highest BCUT2D eigenvalue weighted by atomic mass is 19.4. The van der Waals surface area contributed by atoms with Crippen molar-refractivity contribution in [2.24, 2.45) is 22.8 Å². The first-order valence-corrected chi connectivity index (χ1v) is 16.1. The maximum Gasteiger partial charge on any atom is 0.416 e. The van der Waals surface area contributed by atoms with Crippen LogP contribution in [0.3, 0.4) is 0 Å². The molecule has 0 spiro atoms. The minimum Gasteiger partial charge on any atom is -0.481 e. The van der Waals surface area contributed by atoms with Crippen molar-refractivity contribution in [2.75, 3.05) is 18.5 Å². The summed E-state index contributed by atoms with van der Waals surface area (Å²) >= 11 is 0. The number of hydrogen-bond acceptors (Lipinski definition) is 6. The standard InChI is InChI=1S/C33H37F8N7O2/c1-43-46-31(45-42)47(16-19-9-23(32(36,37)38)14-24(10-19)33(39,40)41)17-22-12-21-13-25(34)26(35)15-27(21)44-30(22)48-8-2-3-28(48)20-6-4-18(5-7-20)11-29(49)50/h9-10,12-15,18,20,28,43H,2-8,11,16-17,42H2,1H3,(H,45,46)(H,49,50)/t18?,20?,28-/m1/s1. The van der Waals surface area contributed by atoms with E-state index in [0.29, 0.717) is 30.1 Å². The van der Waals surface area contributed by atoms with Crippen molar-refractivity contribution in [3.8, 4) is 0 Å². The smallest absolute Gasteiger partial charge is 0.416 e. The number of nitrogens with two attached hydrogens (primary N) is 1. The van der Waals surface area contributed by atoms with Gasteiger partial charge in [-0.3, -0.25) is 10.2 Å². The number of rotatable bonds is 9. The van der Waals surface area contributed by atoms with Crippen LogP contribution in [-0.2, 0) is 30.2 Å². The molecule has 1 aliphatic heterocycles. The van der Waals surface area contributed by atoms with Gasteiger partial charge in [0, 0.05) is 56.2 Å². The summed E-state index contributed by atoms with van der Waals surface area (Å²) < 4.78 is 111. The normalized spacial score (nSPS) is 20.4. The van der Waals surface area contributed by atoms with Crippen LogP contribution in [0.25, 0.3) is 10.9 Å². The van der Waals surface area contributed by atoms with Gasteiger partial charge in [0.15, 0.2) is 11.6 Å². The maximum absolute atomic E-state index is 14.4. The number of alkyl halides is 6. The fraction of sp³-hybridized carbons (Fsp3) is 0.485. The van der Waals surface area contributed by atoms with E-state index >= 15 is 0 Å². The molecule has 0 radical (unpaired) electrons. The third-order valence-electron chi connectivity index (χ3n) is 9.42. The second-order valence-corrected chi connectivity index (χ2v) is 12.8. The number of fused-ring (bicyclic) bond motifs is 1. The van der Waals surface area contributed by atoms with Gasteiger partial charge < -0.3 is 20.7 Å². The zero-order chi connectivity index (χ0) is 36.4. The summed E-state index contributed by atoms with van der Waals surface area (Å²) in [5.41, 5.74) is 2.51. The van der Waals surface area contributed by atoms with Gasteiger partial charge in [-0.05, 0) is 86.3 Å². The number of nitrogens with zero attached hydrogens (tertiary/aromatic N) is 4. The van der Waals surface area contributed by atoms with Crippen LogP contribution in [0.15, 0.2) is 41.5 Å². The molecule has 1 atom stereocenters. The van der Waals surface area contributed by atoms with Gasteiger partial charge in [0.2, 0.25) is 5.96 Å². The molecule has 2 heterocycles. The second-order valence-electron chi connectivity index (χ2n) is 12.8. The number of aromatic nitrogens is 1. The van der Waals surface area contributed by atoms with Gasteiger partial charge in [0.05, 0.1) is 16.6 Å². The molecule has 17 heteroatoms. The van der Waals surface area contributed by atoms with Gasteiger partial charge in [-0.2, -0.15) is 26.3 Å². The van der Waals surface area contributed by atoms with E-state index in [0.717, 1.165) is 50.7 Å². The molecule has 2 aromatic carbocycles. The van der Waals surface area contributed by atoms with Gasteiger partial charge in [0.25, 0.3) is 0 Å². The lowest BCUT2D eigenvalue weighted by molar-refractivity contribution is -0.143. The van der Waals surface area contributed by atoms with Crippen molar-refractivity contribution in [2.45, 2.75) is 76.4 Å². The van der Waals surface area contributed by atoms with Crippen LogP contribution < -0.4 is 21.6 Å². The van der Waals surface area contributed by atoms with E-state index in [-0.39, 0.29) is 59.3 Å². The van der Waals surface area contributed by atoms with Crippen molar-refractivity contribution in [1.29, 1.82) is 0 Å². The Hall–Kier alpha value is -4.41. The molecule has 1 saturated carbocycles. The van der Waals surface area contributed by atoms with Crippen molar-refractivity contribution in [1.82, 2.24) is 20.7 Å². The molecule has 0 unspecified atom stereocenters. The Labute approximate surface area is 282 Å². The lowest BCUT2D eigenvalue weighted by atomic mass is 9.76. The zero-order valence-electron chi connectivity index (χ0n) is 27.0. The van der Waals surface area contributed by atoms with E-state index in [4.69, 9.17) is 10.8 Å². The van der Waals surface area contributed by atoms with Gasteiger partial charge >= 0.3 is 18.3 Å². The average Bonchev–Trinajstić information content (AvgIpc) is 3.53. The largest absolute Gasteiger partial charge is 0.481 e. The topological polar surface area (TPSA) is 119 Å². The quantitative estimate of drug-likeness (QED) is 0.0632. The molecule has 50 heavy (non-hydrogen) atoms. The number of pyridine rings is 1. The fourth-order valence-electron chi connectivity index (χ4n) is 7.18. The number of aliphatic carboxylic acids is 1. The highest BCUT2D eigenvalue weighted by molar-refractivity contribution is 5.83. The third kappa shape index (κ3) is 8.47. The molecule has 1 aromatic heterocycles. The predicted octanol–water partition coefficient (Wildman–Crippen LogP) is 6.76. The van der Waals surface area contributed by atoms with Gasteiger partial charge in [-0.25, -0.2) is 19.2 Å². The number of hydrogen-bond donors (Lipinski definition) is 4. The molecule has 272 valence electrons. The van der Waals surface area contributed by atoms with Gasteiger partial charge in [-0.1, -0.05) is 0 Å². The average molecular weight is 716 g/mol. The molecule has 5 rings (SSSR count). The monoisotopic (exact) mass is 715 g/mol. The van der Waals surface area contributed by atoms with Crippen LogP contribution in [0.5, 0.6) is 0 Å². The van der Waals surface area contributed by atoms with Crippen LogP contribution in [0.2, 0.25) is 0 Å². The van der Waals surface area contributed by atoms with E-state index in [1.165, 1.54) is 11.9 Å². The Morgan fingerprint density at radius 2 is 1.60 bits per heavy atom. The van der Waals surface area contributed by atoms with Crippen LogP contribution in [0, 0.1) is 23.5 Å². The highest BCUT2D eigenvalue weighted by Gasteiger charge is 2.38. The van der Waals surface area contributed by atoms with E-state index in [1.54, 1.807) is 6.07 Å². The zero-order valence-corrected chi connectivity index (χ0v) is 27.0. The molecular formula is C33H37F8N7O2. The lowest BCUT2D eigenvalue weighted by Crippen LogP contribution is -2.46. The number of nitrogens with one attached hydrogen (secondary N) is 2. The van der Waals surface area contributed by atoms with Crippen molar-refractivity contribution in [3.05, 3.63) is 70.3 Å². The summed E-state index contributed by atoms with van der Waals surface area (Å²) in [7, 11) is 1.45. The number of anilines is 1. The molecule has 9 nitrogen and oxygen atoms in total. The Bertz CT molecular complexity index is 1690. The summed E-state index contributed by atoms with van der Waals surface area (Å²) in [6, 6.07) is 4.74. The first kappa shape index (κ1) is 36.9. The Kier molecular flexibility index (Phi) is 10.9. The minimum absolute atomic E-state index is 0.0286. The van der Waals surface area contributed by atoms with Gasteiger partial charge in [-0.15, -0.1) is 5.10 Å². The van der Waals surface area contributed by atoms with Crippen molar-refractivity contribution in [3.63, 3.8) is 0 Å². The number of benzene rings is 2. The number of carboxylic acid groups (broad SMARTS) is 1. The number of hydrazine groups is 1. The Morgan fingerprint density at radius 3 is 2.18 bits per heavy atom. The Morgan fingerprint density at radius 1 is 0.960 bits per heavy atom. The number of hydrazone groups is 1. The third-order valence-corrected chi connectivity index (χ3v) is 9.42. The summed E-state index contributed by atoms with van der Waals surface area (Å²) in [6.07, 6.45) is -5.44. The molecule has 0 bridgehead atoms. The fourth-order valence-corrected chi connectivity index (χ4v) is 7.18. The summed E-state index contributed by atoms with van der Waals surface area (Å²) in [4.78, 5) is 19.4. The molecule has 5 N–H and O–H groups in total. The van der Waals surface area contributed by atoms with E-state index in [2.05, 4.69) is 20.9 Å². The van der Waals surface area contributed by atoms with Gasteiger partial charge in [0.1, 0.15) is 5.82 Å². The molecule has 1 saturated heterocycles. The molecule has 3 aromatic rings. The molecule has 2 fully saturated rings. The van der Waals surface area contributed by atoms with E-state index in [9.17, 15) is 45.0 Å². The van der Waals surface area contributed by atoms with Crippen LogP contribution in [0.1, 0.15) is 67.2 Å². The molecule has 0 amide bonds. The SMILES string of the molecule is CNNC(=NN)N(Cc1cc(C(F)(F)F)cc(C(F)(F)F)c1)Cc1cc2cc(F)c(F)cc2nc1N1CCC[C@@H]1C1CCC(CC(=O)O)CC1. The van der Waals surface area contributed by atoms with Crippen molar-refractivity contribution >= 4 is 28.6 Å². The predicted molar refractivity (Wildman–Crippen MR) is 169 cm³/mol. The maximum atomic E-state index is 14.4. The van der Waals surface area contributed by atoms with Crippen LogP contribution >= 0.6 is 0 Å². The van der Waals surface area contributed by atoms with Crippen molar-refractivity contribution < 1.29 is 45.0 Å². The van der Waals surface area contributed by atoms with Crippen LogP contribution in [-0.4, -0.2) is 46.6 Å². The summed E-state index contributed by atoms with van der Waals surface area (Å²) in [5.74, 6) is 3.08. The first-order chi connectivity index (χ1) is 23.6.